The van der Waals surface area contributed by atoms with E-state index in [1.807, 2.05) is 42.8 Å². The van der Waals surface area contributed by atoms with E-state index >= 15 is 0 Å². The van der Waals surface area contributed by atoms with Crippen molar-refractivity contribution < 1.29 is 4.74 Å². The Kier molecular flexibility index (Phi) is 4.62. The third kappa shape index (κ3) is 3.64. The molecule has 1 heterocycles. The van der Waals surface area contributed by atoms with Crippen LogP contribution in [-0.2, 0) is 6.54 Å². The Hall–Kier alpha value is -3.06. The van der Waals surface area contributed by atoms with Gasteiger partial charge in [0.2, 0.25) is 0 Å². The minimum atomic E-state index is 0.0467. The van der Waals surface area contributed by atoms with Gasteiger partial charge in [-0.1, -0.05) is 30.3 Å². The van der Waals surface area contributed by atoms with E-state index in [1.165, 1.54) is 5.56 Å². The monoisotopic (exact) mass is 317 g/mol. The zero-order valence-electron chi connectivity index (χ0n) is 13.8. The van der Waals surface area contributed by atoms with Gasteiger partial charge in [-0.25, -0.2) is 4.98 Å². The zero-order chi connectivity index (χ0) is 16.9. The van der Waals surface area contributed by atoms with Crippen molar-refractivity contribution in [3.63, 3.8) is 0 Å². The second-order valence-corrected chi connectivity index (χ2v) is 5.92. The number of hydrogen-bond acceptors (Lipinski definition) is 3. The van der Waals surface area contributed by atoms with Crippen LogP contribution in [0.5, 0.6) is 5.75 Å². The summed E-state index contributed by atoms with van der Waals surface area (Å²) in [6.07, 6.45) is 5.57. The van der Waals surface area contributed by atoms with Crippen LogP contribution in [0.1, 0.15) is 25.0 Å². The molecule has 0 spiro atoms. The van der Waals surface area contributed by atoms with Gasteiger partial charge in [-0.15, -0.1) is 0 Å². The summed E-state index contributed by atoms with van der Waals surface area (Å²) in [5, 5.41) is 9.35. The van der Waals surface area contributed by atoms with Crippen LogP contribution >= 0.6 is 0 Å². The number of aromatic nitrogens is 2. The van der Waals surface area contributed by atoms with Crippen molar-refractivity contribution in [1.29, 1.82) is 5.26 Å². The molecule has 0 fully saturated rings. The second-order valence-electron chi connectivity index (χ2n) is 5.92. The summed E-state index contributed by atoms with van der Waals surface area (Å²) < 4.78 is 7.70. The van der Waals surface area contributed by atoms with Gasteiger partial charge in [-0.2, -0.15) is 5.26 Å². The lowest BCUT2D eigenvalue weighted by Gasteiger charge is -2.12. The van der Waals surface area contributed by atoms with Gasteiger partial charge in [0.15, 0.2) is 0 Å². The van der Waals surface area contributed by atoms with E-state index < -0.39 is 0 Å². The van der Waals surface area contributed by atoms with Crippen molar-refractivity contribution in [2.45, 2.75) is 26.5 Å². The Morgan fingerprint density at radius 3 is 2.50 bits per heavy atom. The molecule has 4 nitrogen and oxygen atoms in total. The largest absolute Gasteiger partial charge is 0.490 e. The van der Waals surface area contributed by atoms with Crippen LogP contribution in [-0.4, -0.2) is 15.7 Å². The normalized spacial score (nSPS) is 10.6. The maximum Gasteiger partial charge on any atom is 0.137 e. The molecule has 1 aromatic heterocycles. The first-order valence-corrected chi connectivity index (χ1v) is 7.91. The molecule has 0 aliphatic heterocycles. The lowest BCUT2D eigenvalue weighted by molar-refractivity contribution is 0.242. The van der Waals surface area contributed by atoms with E-state index in [-0.39, 0.29) is 6.10 Å². The topological polar surface area (TPSA) is 50.8 Å². The van der Waals surface area contributed by atoms with Crippen LogP contribution in [0.2, 0.25) is 0 Å². The fourth-order valence-electron chi connectivity index (χ4n) is 2.55. The maximum absolute atomic E-state index is 9.35. The smallest absolute Gasteiger partial charge is 0.137 e. The van der Waals surface area contributed by atoms with Crippen molar-refractivity contribution in [1.82, 2.24) is 9.55 Å². The third-order valence-corrected chi connectivity index (χ3v) is 3.67. The zero-order valence-corrected chi connectivity index (χ0v) is 13.8. The van der Waals surface area contributed by atoms with E-state index in [9.17, 15) is 5.26 Å². The summed E-state index contributed by atoms with van der Waals surface area (Å²) in [6, 6.07) is 16.3. The highest BCUT2D eigenvalue weighted by atomic mass is 16.5. The first-order valence-electron chi connectivity index (χ1n) is 7.91. The first kappa shape index (κ1) is 15.8. The molecule has 0 aliphatic rings. The summed E-state index contributed by atoms with van der Waals surface area (Å²) in [4.78, 5) is 4.05. The van der Waals surface area contributed by atoms with Crippen LogP contribution in [0.25, 0.3) is 11.1 Å². The lowest BCUT2D eigenvalue weighted by atomic mass is 10.0. The predicted octanol–water partition coefficient (Wildman–Crippen LogP) is 4.26. The van der Waals surface area contributed by atoms with E-state index in [0.29, 0.717) is 11.3 Å². The molecular formula is C20H19N3O. The Morgan fingerprint density at radius 2 is 1.88 bits per heavy atom. The quantitative estimate of drug-likeness (QED) is 0.706. The first-order chi connectivity index (χ1) is 11.7. The van der Waals surface area contributed by atoms with Crippen LogP contribution < -0.4 is 4.74 Å². The van der Waals surface area contributed by atoms with Gasteiger partial charge >= 0.3 is 0 Å². The van der Waals surface area contributed by atoms with Crippen molar-refractivity contribution in [2.24, 2.45) is 0 Å². The van der Waals surface area contributed by atoms with Crippen molar-refractivity contribution in [3.05, 3.63) is 72.3 Å². The van der Waals surface area contributed by atoms with Gasteiger partial charge in [0.25, 0.3) is 0 Å². The van der Waals surface area contributed by atoms with Crippen LogP contribution in [0.4, 0.5) is 0 Å². The number of nitriles is 1. The molecule has 120 valence electrons. The summed E-state index contributed by atoms with van der Waals surface area (Å²) >= 11 is 0. The second kappa shape index (κ2) is 7.01. The van der Waals surface area contributed by atoms with Crippen molar-refractivity contribution in [3.8, 4) is 22.9 Å². The minimum Gasteiger partial charge on any atom is -0.490 e. The lowest BCUT2D eigenvalue weighted by Crippen LogP contribution is -2.06. The average molecular weight is 317 g/mol. The van der Waals surface area contributed by atoms with Gasteiger partial charge in [0, 0.05) is 18.9 Å². The predicted molar refractivity (Wildman–Crippen MR) is 93.7 cm³/mol. The molecule has 3 aromatic rings. The summed E-state index contributed by atoms with van der Waals surface area (Å²) in [5.41, 5.74) is 3.86. The van der Waals surface area contributed by atoms with E-state index in [2.05, 4.69) is 35.3 Å². The fraction of sp³-hybridized carbons (Fsp3) is 0.200. The van der Waals surface area contributed by atoms with Gasteiger partial charge in [-0.3, -0.25) is 0 Å². The van der Waals surface area contributed by atoms with Gasteiger partial charge < -0.3 is 9.30 Å². The van der Waals surface area contributed by atoms with Crippen LogP contribution in [0.15, 0.2) is 61.2 Å². The molecule has 0 saturated heterocycles. The number of hydrogen-bond donors (Lipinski definition) is 0. The molecule has 0 bridgehead atoms. The Morgan fingerprint density at radius 1 is 1.12 bits per heavy atom. The Bertz CT molecular complexity index is 844. The highest BCUT2D eigenvalue weighted by Gasteiger charge is 2.08. The number of nitrogens with zero attached hydrogens (tertiary/aromatic N) is 3. The van der Waals surface area contributed by atoms with Gasteiger partial charge in [0.1, 0.15) is 11.8 Å². The minimum absolute atomic E-state index is 0.0467. The number of ether oxygens (including phenoxy) is 1. The highest BCUT2D eigenvalue weighted by molar-refractivity contribution is 5.67. The molecule has 2 aromatic carbocycles. The molecule has 0 atom stereocenters. The molecule has 0 radical (unpaired) electrons. The molecule has 24 heavy (non-hydrogen) atoms. The molecule has 0 aliphatic carbocycles. The Balaban J connectivity index is 1.82. The average Bonchev–Trinajstić information content (AvgIpc) is 3.08. The van der Waals surface area contributed by atoms with E-state index in [4.69, 9.17) is 4.74 Å². The Labute approximate surface area is 142 Å². The van der Waals surface area contributed by atoms with Crippen LogP contribution in [0, 0.1) is 11.3 Å². The maximum atomic E-state index is 9.35. The molecule has 3 rings (SSSR count). The molecular weight excluding hydrogens is 298 g/mol. The third-order valence-electron chi connectivity index (χ3n) is 3.67. The summed E-state index contributed by atoms with van der Waals surface area (Å²) in [5.74, 6) is 0.632. The SMILES string of the molecule is CC(C)Oc1ccc(-c2ccc(Cn3ccnc3)cc2)cc1C#N. The number of benzene rings is 2. The van der Waals surface area contributed by atoms with Crippen molar-refractivity contribution in [2.75, 3.05) is 0 Å². The van der Waals surface area contributed by atoms with E-state index in [0.717, 1.165) is 17.7 Å². The van der Waals surface area contributed by atoms with Gasteiger partial charge in [-0.05, 0) is 42.7 Å². The molecule has 0 saturated carbocycles. The van der Waals surface area contributed by atoms with Crippen molar-refractivity contribution >= 4 is 0 Å². The fourth-order valence-corrected chi connectivity index (χ4v) is 2.55. The van der Waals surface area contributed by atoms with Gasteiger partial charge in [0.05, 0.1) is 18.0 Å². The van der Waals surface area contributed by atoms with Crippen LogP contribution in [0.3, 0.4) is 0 Å². The van der Waals surface area contributed by atoms with E-state index in [1.54, 1.807) is 12.5 Å². The molecule has 4 heteroatoms. The molecule has 0 unspecified atom stereocenters. The summed E-state index contributed by atoms with van der Waals surface area (Å²) in [6.45, 7) is 4.70. The highest BCUT2D eigenvalue weighted by Crippen LogP contribution is 2.27. The number of imidazole rings is 1. The molecule has 0 N–H and O–H groups in total. The molecule has 0 amide bonds. The summed E-state index contributed by atoms with van der Waals surface area (Å²) in [7, 11) is 0. The standard InChI is InChI=1S/C20H19N3O/c1-15(2)24-20-8-7-18(11-19(20)12-21)17-5-3-16(4-6-17)13-23-10-9-22-14-23/h3-11,14-15H,13H2,1-2H3. The number of rotatable bonds is 5.